The zero-order chi connectivity index (χ0) is 14.5. The number of hydrogen-bond acceptors (Lipinski definition) is 5. The predicted octanol–water partition coefficient (Wildman–Crippen LogP) is 0.952. The van der Waals surface area contributed by atoms with E-state index in [1.54, 1.807) is 7.11 Å². The number of piperazine rings is 1. The number of amidine groups is 1. The Balaban J connectivity index is 1.93. The summed E-state index contributed by atoms with van der Waals surface area (Å²) in [6.07, 6.45) is 0. The van der Waals surface area contributed by atoms with E-state index in [1.165, 1.54) is 5.69 Å². The molecule has 1 aliphatic rings. The maximum Gasteiger partial charge on any atom is 0.156 e. The number of benzene rings is 1. The van der Waals surface area contributed by atoms with Crippen LogP contribution in [-0.2, 0) is 0 Å². The Hall–Kier alpha value is -1.95. The molecule has 1 aromatic rings. The van der Waals surface area contributed by atoms with E-state index in [0.29, 0.717) is 0 Å². The average Bonchev–Trinajstić information content (AvgIpc) is 2.53. The van der Waals surface area contributed by atoms with Gasteiger partial charge in [-0.3, -0.25) is 4.90 Å². The fraction of sp³-hybridized carbons (Fsp3) is 0.500. The number of methoxy groups -OCH3 is 1. The molecule has 0 saturated carbocycles. The second-order valence-electron chi connectivity index (χ2n) is 4.92. The van der Waals surface area contributed by atoms with Gasteiger partial charge < -0.3 is 20.6 Å². The van der Waals surface area contributed by atoms with Crippen LogP contribution in [0.15, 0.2) is 29.4 Å². The summed E-state index contributed by atoms with van der Waals surface area (Å²) in [5.41, 5.74) is 6.85. The lowest BCUT2D eigenvalue weighted by atomic mass is 10.2. The largest absolute Gasteiger partial charge is 0.497 e. The minimum absolute atomic E-state index is 0.0296. The number of nitrogens with two attached hydrogens (primary N) is 1. The van der Waals surface area contributed by atoms with Crippen molar-refractivity contribution in [2.75, 3.05) is 38.2 Å². The molecule has 0 amide bonds. The molecule has 1 fully saturated rings. The van der Waals surface area contributed by atoms with E-state index in [-0.39, 0.29) is 11.9 Å². The minimum atomic E-state index is -0.0296. The first-order valence-corrected chi connectivity index (χ1v) is 6.76. The fourth-order valence-corrected chi connectivity index (χ4v) is 2.43. The SMILES string of the molecule is COc1ccc(N2CCN(C(C)C(N)=NO)CC2)cc1. The van der Waals surface area contributed by atoms with Gasteiger partial charge in [-0.1, -0.05) is 5.16 Å². The van der Waals surface area contributed by atoms with Crippen LogP contribution in [0, 0.1) is 0 Å². The summed E-state index contributed by atoms with van der Waals surface area (Å²) in [7, 11) is 1.67. The first kappa shape index (κ1) is 14.5. The molecule has 1 heterocycles. The van der Waals surface area contributed by atoms with Gasteiger partial charge in [0.2, 0.25) is 0 Å². The summed E-state index contributed by atoms with van der Waals surface area (Å²) in [5.74, 6) is 1.14. The maximum atomic E-state index is 8.73. The van der Waals surface area contributed by atoms with Gasteiger partial charge in [0.05, 0.1) is 13.2 Å². The van der Waals surface area contributed by atoms with E-state index in [9.17, 15) is 0 Å². The van der Waals surface area contributed by atoms with Crippen LogP contribution in [0.1, 0.15) is 6.92 Å². The lowest BCUT2D eigenvalue weighted by molar-refractivity contribution is 0.230. The Kier molecular flexibility index (Phi) is 4.68. The Labute approximate surface area is 119 Å². The highest BCUT2D eigenvalue weighted by atomic mass is 16.5. The van der Waals surface area contributed by atoms with Gasteiger partial charge in [0, 0.05) is 31.9 Å². The van der Waals surface area contributed by atoms with Crippen molar-refractivity contribution in [3.63, 3.8) is 0 Å². The molecule has 110 valence electrons. The molecule has 1 atom stereocenters. The predicted molar refractivity (Wildman–Crippen MR) is 79.7 cm³/mol. The Morgan fingerprint density at radius 2 is 1.85 bits per heavy atom. The molecule has 0 bridgehead atoms. The summed E-state index contributed by atoms with van der Waals surface area (Å²) >= 11 is 0. The molecule has 2 rings (SSSR count). The molecular weight excluding hydrogens is 256 g/mol. The zero-order valence-electron chi connectivity index (χ0n) is 12.0. The third-order valence-corrected chi connectivity index (χ3v) is 3.84. The summed E-state index contributed by atoms with van der Waals surface area (Å²) < 4.78 is 5.17. The second kappa shape index (κ2) is 6.47. The first-order valence-electron chi connectivity index (χ1n) is 6.76. The van der Waals surface area contributed by atoms with Gasteiger partial charge in [0.1, 0.15) is 5.75 Å². The number of rotatable bonds is 4. The molecule has 1 aliphatic heterocycles. The topological polar surface area (TPSA) is 74.3 Å². The van der Waals surface area contributed by atoms with E-state index in [4.69, 9.17) is 15.7 Å². The van der Waals surface area contributed by atoms with Crippen LogP contribution in [0.5, 0.6) is 5.75 Å². The summed E-state index contributed by atoms with van der Waals surface area (Å²) in [4.78, 5) is 4.55. The number of oxime groups is 1. The van der Waals surface area contributed by atoms with Crippen molar-refractivity contribution in [2.24, 2.45) is 10.9 Å². The normalized spacial score (nSPS) is 18.9. The highest BCUT2D eigenvalue weighted by Gasteiger charge is 2.23. The van der Waals surface area contributed by atoms with Crippen molar-refractivity contribution in [1.29, 1.82) is 0 Å². The van der Waals surface area contributed by atoms with Gasteiger partial charge in [-0.05, 0) is 31.2 Å². The van der Waals surface area contributed by atoms with Crippen molar-refractivity contribution in [3.05, 3.63) is 24.3 Å². The molecule has 20 heavy (non-hydrogen) atoms. The number of ether oxygens (including phenoxy) is 1. The van der Waals surface area contributed by atoms with Crippen LogP contribution in [-0.4, -0.2) is 55.3 Å². The van der Waals surface area contributed by atoms with Crippen LogP contribution in [0.4, 0.5) is 5.69 Å². The standard InChI is InChI=1S/C14H22N4O2/c1-11(14(15)16-19)17-7-9-18(10-8-17)12-3-5-13(20-2)6-4-12/h3-6,11,19H,7-10H2,1-2H3,(H2,15,16). The molecule has 0 radical (unpaired) electrons. The van der Waals surface area contributed by atoms with Gasteiger partial charge in [-0.25, -0.2) is 0 Å². The van der Waals surface area contributed by atoms with Gasteiger partial charge in [-0.2, -0.15) is 0 Å². The van der Waals surface area contributed by atoms with Gasteiger partial charge in [0.15, 0.2) is 5.84 Å². The number of anilines is 1. The van der Waals surface area contributed by atoms with Crippen molar-refractivity contribution < 1.29 is 9.94 Å². The lowest BCUT2D eigenvalue weighted by Crippen LogP contribution is -2.53. The highest BCUT2D eigenvalue weighted by molar-refractivity contribution is 5.84. The van der Waals surface area contributed by atoms with Crippen LogP contribution in [0.2, 0.25) is 0 Å². The van der Waals surface area contributed by atoms with Crippen molar-refractivity contribution in [2.45, 2.75) is 13.0 Å². The van der Waals surface area contributed by atoms with E-state index < -0.39 is 0 Å². The number of hydrogen-bond donors (Lipinski definition) is 2. The zero-order valence-corrected chi connectivity index (χ0v) is 12.0. The molecule has 1 aromatic carbocycles. The van der Waals surface area contributed by atoms with Gasteiger partial charge >= 0.3 is 0 Å². The molecule has 6 nitrogen and oxygen atoms in total. The Morgan fingerprint density at radius 3 is 2.35 bits per heavy atom. The van der Waals surface area contributed by atoms with E-state index in [0.717, 1.165) is 31.9 Å². The smallest absolute Gasteiger partial charge is 0.156 e. The van der Waals surface area contributed by atoms with E-state index >= 15 is 0 Å². The third-order valence-electron chi connectivity index (χ3n) is 3.84. The molecule has 1 unspecified atom stereocenters. The maximum absolute atomic E-state index is 8.73. The fourth-order valence-electron chi connectivity index (χ4n) is 2.43. The average molecular weight is 278 g/mol. The molecular formula is C14H22N4O2. The number of nitrogens with zero attached hydrogens (tertiary/aromatic N) is 3. The van der Waals surface area contributed by atoms with Crippen molar-refractivity contribution >= 4 is 11.5 Å². The lowest BCUT2D eigenvalue weighted by Gasteiger charge is -2.38. The van der Waals surface area contributed by atoms with Gasteiger partial charge in [0.25, 0.3) is 0 Å². The summed E-state index contributed by atoms with van der Waals surface area (Å²) in [5, 5.41) is 11.8. The Morgan fingerprint density at radius 1 is 1.25 bits per heavy atom. The first-order chi connectivity index (χ1) is 9.65. The molecule has 0 aliphatic carbocycles. The summed E-state index contributed by atoms with van der Waals surface area (Å²) in [6, 6.07) is 8.06. The minimum Gasteiger partial charge on any atom is -0.497 e. The van der Waals surface area contributed by atoms with Crippen LogP contribution in [0.3, 0.4) is 0 Å². The molecule has 1 saturated heterocycles. The monoisotopic (exact) mass is 278 g/mol. The molecule has 6 heteroatoms. The second-order valence-corrected chi connectivity index (χ2v) is 4.92. The van der Waals surface area contributed by atoms with Crippen LogP contribution in [0.25, 0.3) is 0 Å². The molecule has 3 N–H and O–H groups in total. The Bertz CT molecular complexity index is 453. The van der Waals surface area contributed by atoms with Gasteiger partial charge in [-0.15, -0.1) is 0 Å². The summed E-state index contributed by atoms with van der Waals surface area (Å²) in [6.45, 7) is 5.59. The van der Waals surface area contributed by atoms with Crippen molar-refractivity contribution in [3.8, 4) is 5.75 Å². The van der Waals surface area contributed by atoms with E-state index in [1.807, 2.05) is 19.1 Å². The van der Waals surface area contributed by atoms with Crippen molar-refractivity contribution in [1.82, 2.24) is 4.90 Å². The quantitative estimate of drug-likeness (QED) is 0.371. The highest BCUT2D eigenvalue weighted by Crippen LogP contribution is 2.20. The molecule has 0 spiro atoms. The van der Waals surface area contributed by atoms with Crippen LogP contribution >= 0.6 is 0 Å². The molecule has 0 aromatic heterocycles. The third kappa shape index (κ3) is 3.14. The van der Waals surface area contributed by atoms with E-state index in [2.05, 4.69) is 27.1 Å². The van der Waals surface area contributed by atoms with Crippen LogP contribution < -0.4 is 15.4 Å².